The molecule has 12 heteroatoms. The first-order chi connectivity index (χ1) is 15.4. The number of carbonyl (C=O) groups is 1. The number of aryl methyl sites for hydroxylation is 1. The van der Waals surface area contributed by atoms with Crippen molar-refractivity contribution in [2.45, 2.75) is 20.8 Å². The van der Waals surface area contributed by atoms with E-state index in [1.807, 2.05) is 0 Å². The summed E-state index contributed by atoms with van der Waals surface area (Å²) in [7, 11) is 0. The normalized spacial score (nSPS) is 12.5. The van der Waals surface area contributed by atoms with Crippen molar-refractivity contribution in [3.63, 3.8) is 0 Å². The Kier molecular flexibility index (Phi) is 6.01. The molecule has 3 aromatic heterocycles. The van der Waals surface area contributed by atoms with Crippen LogP contribution in [0.25, 0.3) is 16.8 Å². The molecule has 0 unspecified atom stereocenters. The zero-order valence-electron chi connectivity index (χ0n) is 17.2. The Morgan fingerprint density at radius 2 is 2.22 bits per heavy atom. The van der Waals surface area contributed by atoms with Crippen LogP contribution in [-0.2, 0) is 4.74 Å². The first kappa shape index (κ1) is 21.7. The smallest absolute Gasteiger partial charge is 0.369 e. The Morgan fingerprint density at radius 1 is 1.41 bits per heavy atom. The average molecular weight is 473 g/mol. The predicted molar refractivity (Wildman–Crippen MR) is 120 cm³/mol. The van der Waals surface area contributed by atoms with Crippen LogP contribution in [0.15, 0.2) is 50.0 Å². The molecule has 4 rings (SSSR count). The van der Waals surface area contributed by atoms with E-state index in [1.54, 1.807) is 45.0 Å². The van der Waals surface area contributed by atoms with E-state index < -0.39 is 5.97 Å². The van der Waals surface area contributed by atoms with E-state index in [1.165, 1.54) is 11.0 Å². The number of fused-ring (bicyclic) bond motifs is 1. The topological polar surface area (TPSA) is 128 Å². The molecule has 1 aromatic carbocycles. The summed E-state index contributed by atoms with van der Waals surface area (Å²) in [6.45, 7) is 5.34. The van der Waals surface area contributed by atoms with Crippen LogP contribution in [0.3, 0.4) is 0 Å². The molecule has 0 aliphatic carbocycles. The van der Waals surface area contributed by atoms with Crippen LogP contribution in [-0.4, -0.2) is 38.0 Å². The molecule has 10 nitrogen and oxygen atoms in total. The quantitative estimate of drug-likeness (QED) is 0.270. The lowest BCUT2D eigenvalue weighted by Gasteiger charge is -2.01. The van der Waals surface area contributed by atoms with Crippen LogP contribution < -0.4 is 10.4 Å². The molecular formula is C20H17ClN6O4S. The highest BCUT2D eigenvalue weighted by molar-refractivity contribution is 7.10. The molecule has 0 spiro atoms. The molecule has 4 aromatic rings. The molecule has 0 saturated heterocycles. The molecule has 3 heterocycles. The van der Waals surface area contributed by atoms with E-state index in [0.717, 1.165) is 11.3 Å². The summed E-state index contributed by atoms with van der Waals surface area (Å²) < 4.78 is 12.1. The summed E-state index contributed by atoms with van der Waals surface area (Å²) in [4.78, 5) is 31.4. The van der Waals surface area contributed by atoms with Crippen molar-refractivity contribution in [1.82, 2.24) is 19.7 Å². The van der Waals surface area contributed by atoms with Crippen molar-refractivity contribution in [3.05, 3.63) is 67.1 Å². The summed E-state index contributed by atoms with van der Waals surface area (Å²) in [5, 5.41) is 13.8. The lowest BCUT2D eigenvalue weighted by Crippen LogP contribution is -2.14. The van der Waals surface area contributed by atoms with Gasteiger partial charge in [0.2, 0.25) is 15.5 Å². The minimum Gasteiger partial charge on any atom is -0.461 e. The van der Waals surface area contributed by atoms with Crippen LogP contribution in [0, 0.1) is 6.92 Å². The Hall–Kier alpha value is -3.57. The Morgan fingerprint density at radius 3 is 2.97 bits per heavy atom. The van der Waals surface area contributed by atoms with Gasteiger partial charge in [-0.05, 0) is 39.0 Å². The van der Waals surface area contributed by atoms with E-state index >= 15 is 0 Å². The highest BCUT2D eigenvalue weighted by Gasteiger charge is 2.18. The van der Waals surface area contributed by atoms with Crippen molar-refractivity contribution in [1.29, 1.82) is 0 Å². The van der Waals surface area contributed by atoms with E-state index in [4.69, 9.17) is 20.8 Å². The number of nitrogens with zero attached hydrogens (tertiary/aromatic N) is 5. The van der Waals surface area contributed by atoms with Gasteiger partial charge in [0.05, 0.1) is 29.9 Å². The average Bonchev–Trinajstić information content (AvgIpc) is 3.34. The summed E-state index contributed by atoms with van der Waals surface area (Å²) in [5.74, 6) is -0.0791. The van der Waals surface area contributed by atoms with Crippen molar-refractivity contribution in [2.75, 3.05) is 6.61 Å². The molecule has 0 fully saturated rings. The van der Waals surface area contributed by atoms with Gasteiger partial charge < -0.3 is 14.1 Å². The van der Waals surface area contributed by atoms with Gasteiger partial charge in [-0.3, -0.25) is 4.79 Å². The third-order valence-electron chi connectivity index (χ3n) is 4.38. The number of hydrogen-bond acceptors (Lipinski definition) is 9. The van der Waals surface area contributed by atoms with Gasteiger partial charge in [-0.1, -0.05) is 29.0 Å². The maximum atomic E-state index is 12.3. The molecule has 0 saturated carbocycles. The standard InChI is InChI=1S/C20H17ClN6O4S/c1-4-30-19(29)18-26-27(13-7-5-6-12(21)8-13)20(32-18)25-24-10(2)14-11(3)31-17-15(14)16(28)22-9-23-17/h5-9H,4H2,1-3H3,(H,22,23,28)/b24-10-,25-20-. The third-order valence-corrected chi connectivity index (χ3v) is 5.49. The minimum absolute atomic E-state index is 0.115. The fraction of sp³-hybridized carbons (Fsp3) is 0.200. The van der Waals surface area contributed by atoms with Crippen LogP contribution in [0.5, 0.6) is 0 Å². The van der Waals surface area contributed by atoms with Crippen molar-refractivity contribution in [2.24, 2.45) is 10.2 Å². The lowest BCUT2D eigenvalue weighted by atomic mass is 10.1. The van der Waals surface area contributed by atoms with Crippen LogP contribution in [0.4, 0.5) is 0 Å². The number of ether oxygens (including phenoxy) is 1. The summed E-state index contributed by atoms with van der Waals surface area (Å²) in [5.41, 5.74) is 1.41. The Balaban J connectivity index is 1.86. The third kappa shape index (κ3) is 4.12. The fourth-order valence-electron chi connectivity index (χ4n) is 3.05. The molecule has 32 heavy (non-hydrogen) atoms. The second-order valence-corrected chi connectivity index (χ2v) is 7.92. The summed E-state index contributed by atoms with van der Waals surface area (Å²) >= 11 is 7.13. The zero-order valence-corrected chi connectivity index (χ0v) is 18.8. The SMILES string of the molecule is CCOC(=O)c1nn(-c2cccc(Cl)c2)/c(=N/N=C(/C)c2c(C)oc3nc[nH]c(=O)c23)s1. The van der Waals surface area contributed by atoms with Crippen molar-refractivity contribution in [3.8, 4) is 5.69 Å². The van der Waals surface area contributed by atoms with Gasteiger partial charge >= 0.3 is 5.97 Å². The van der Waals surface area contributed by atoms with E-state index in [2.05, 4.69) is 25.3 Å². The molecular weight excluding hydrogens is 456 g/mol. The molecule has 164 valence electrons. The predicted octanol–water partition coefficient (Wildman–Crippen LogP) is 3.23. The number of halogens is 1. The number of furan rings is 1. The highest BCUT2D eigenvalue weighted by atomic mass is 35.5. The van der Waals surface area contributed by atoms with Gasteiger partial charge in [0.25, 0.3) is 5.56 Å². The number of aromatic amines is 1. The second kappa shape index (κ2) is 8.89. The Labute approximate surface area is 189 Å². The van der Waals surface area contributed by atoms with Crippen LogP contribution in [0.1, 0.15) is 35.0 Å². The Bertz CT molecular complexity index is 1480. The number of benzene rings is 1. The number of H-pyrrole nitrogens is 1. The van der Waals surface area contributed by atoms with Gasteiger partial charge in [-0.2, -0.15) is 5.10 Å². The molecule has 0 amide bonds. The summed E-state index contributed by atoms with van der Waals surface area (Å²) in [6, 6.07) is 6.94. The number of esters is 1. The van der Waals surface area contributed by atoms with Gasteiger partial charge in [0.15, 0.2) is 0 Å². The monoisotopic (exact) mass is 472 g/mol. The molecule has 0 aliphatic heterocycles. The zero-order chi connectivity index (χ0) is 22.8. The lowest BCUT2D eigenvalue weighted by molar-refractivity contribution is 0.0524. The highest BCUT2D eigenvalue weighted by Crippen LogP contribution is 2.21. The van der Waals surface area contributed by atoms with Crippen LogP contribution >= 0.6 is 22.9 Å². The second-order valence-electron chi connectivity index (χ2n) is 6.53. The van der Waals surface area contributed by atoms with Gasteiger partial charge in [-0.25, -0.2) is 14.5 Å². The molecule has 0 bridgehead atoms. The van der Waals surface area contributed by atoms with Crippen LogP contribution in [0.2, 0.25) is 5.02 Å². The summed E-state index contributed by atoms with van der Waals surface area (Å²) in [6.07, 6.45) is 1.27. The minimum atomic E-state index is -0.565. The van der Waals surface area contributed by atoms with E-state index in [0.29, 0.717) is 37.9 Å². The van der Waals surface area contributed by atoms with Crippen molar-refractivity contribution < 1.29 is 13.9 Å². The van der Waals surface area contributed by atoms with E-state index in [-0.39, 0.29) is 22.9 Å². The largest absolute Gasteiger partial charge is 0.461 e. The number of hydrogen-bond donors (Lipinski definition) is 1. The molecule has 0 radical (unpaired) electrons. The molecule has 0 aliphatic rings. The maximum Gasteiger partial charge on any atom is 0.369 e. The van der Waals surface area contributed by atoms with Crippen molar-refractivity contribution >= 4 is 45.7 Å². The molecule has 0 atom stereocenters. The number of aromatic nitrogens is 4. The molecule has 1 N–H and O–H groups in total. The van der Waals surface area contributed by atoms with Gasteiger partial charge in [0.1, 0.15) is 11.1 Å². The van der Waals surface area contributed by atoms with Gasteiger partial charge in [0, 0.05) is 5.02 Å². The first-order valence-electron chi connectivity index (χ1n) is 9.47. The fourth-order valence-corrected chi connectivity index (χ4v) is 3.99. The number of carbonyl (C=O) groups excluding carboxylic acids is 1. The maximum absolute atomic E-state index is 12.3. The van der Waals surface area contributed by atoms with Gasteiger partial charge in [-0.15, -0.1) is 10.2 Å². The number of nitrogens with one attached hydrogen (secondary N) is 1. The van der Waals surface area contributed by atoms with E-state index in [9.17, 15) is 9.59 Å². The first-order valence-corrected chi connectivity index (χ1v) is 10.7. The number of rotatable bonds is 5.